The summed E-state index contributed by atoms with van der Waals surface area (Å²) in [6, 6.07) is -0.506. The summed E-state index contributed by atoms with van der Waals surface area (Å²) in [6.07, 6.45) is -1.68. The van der Waals surface area contributed by atoms with Gasteiger partial charge in [-0.05, 0) is 13.1 Å². The molecule has 4 atom stereocenters. The van der Waals surface area contributed by atoms with Crippen molar-refractivity contribution in [3.8, 4) is 0 Å². The highest BCUT2D eigenvalue weighted by Crippen LogP contribution is 2.34. The zero-order chi connectivity index (χ0) is 14.9. The summed E-state index contributed by atoms with van der Waals surface area (Å²) in [5.41, 5.74) is 5.73. The van der Waals surface area contributed by atoms with Gasteiger partial charge in [0.2, 0.25) is 5.95 Å². The number of anilines is 2. The highest BCUT2D eigenvalue weighted by molar-refractivity contribution is 6.32. The molecule has 20 heavy (non-hydrogen) atoms. The van der Waals surface area contributed by atoms with Gasteiger partial charge in [0.1, 0.15) is 11.8 Å². The minimum absolute atomic E-state index is 0.0433. The molecule has 0 bridgehead atoms. The second-order valence-corrected chi connectivity index (χ2v) is 5.00. The Labute approximate surface area is 120 Å². The predicted molar refractivity (Wildman–Crippen MR) is 75.3 cm³/mol. The van der Waals surface area contributed by atoms with Gasteiger partial charge in [0.25, 0.3) is 0 Å². The van der Waals surface area contributed by atoms with Gasteiger partial charge >= 0.3 is 0 Å². The average Bonchev–Trinajstić information content (AvgIpc) is 2.66. The maximum absolute atomic E-state index is 9.95. The number of nitrogens with two attached hydrogens (primary N) is 1. The fraction of sp³-hybridized carbons (Fsp3) is 0.545. The molecule has 0 aromatic carbocycles. The van der Waals surface area contributed by atoms with E-state index < -0.39 is 24.2 Å². The average molecular weight is 302 g/mol. The summed E-state index contributed by atoms with van der Waals surface area (Å²) in [6.45, 7) is 3.16. The molecular formula is C11H16ClN5O3. The summed E-state index contributed by atoms with van der Waals surface area (Å²) in [5, 5.41) is 31.8. The number of halogens is 1. The highest BCUT2D eigenvalue weighted by atomic mass is 35.5. The molecule has 0 saturated heterocycles. The lowest BCUT2D eigenvalue weighted by atomic mass is 10.1. The lowest BCUT2D eigenvalue weighted by molar-refractivity contribution is 0.00446. The van der Waals surface area contributed by atoms with Gasteiger partial charge in [0.05, 0.1) is 12.1 Å². The fourth-order valence-corrected chi connectivity index (χ4v) is 2.54. The largest absolute Gasteiger partial charge is 0.396 e. The molecule has 9 heteroatoms. The van der Waals surface area contributed by atoms with Crippen molar-refractivity contribution >= 4 is 35.8 Å². The molecule has 1 saturated carbocycles. The van der Waals surface area contributed by atoms with Gasteiger partial charge in [-0.2, -0.15) is 9.97 Å². The van der Waals surface area contributed by atoms with E-state index in [1.165, 1.54) is 0 Å². The lowest BCUT2D eigenvalue weighted by Gasteiger charge is -2.19. The number of aromatic nitrogens is 2. The minimum Gasteiger partial charge on any atom is -0.396 e. The molecule has 2 rings (SSSR count). The van der Waals surface area contributed by atoms with Crippen molar-refractivity contribution in [1.82, 2.24) is 9.97 Å². The van der Waals surface area contributed by atoms with Crippen LogP contribution in [0.2, 0.25) is 5.15 Å². The SMILES string of the molecule is C=Nc1c(Cl)nc(N)nc1NC1CC(CO)C(O)C1O. The normalized spacial score (nSPS) is 29.4. The van der Waals surface area contributed by atoms with E-state index in [2.05, 4.69) is 27.0 Å². The number of nitrogen functional groups attached to an aromatic ring is 1. The number of aliphatic hydroxyl groups excluding tert-OH is 3. The molecule has 8 nitrogen and oxygen atoms in total. The van der Waals surface area contributed by atoms with Crippen LogP contribution in [0.25, 0.3) is 0 Å². The second kappa shape index (κ2) is 5.88. The van der Waals surface area contributed by atoms with Crippen molar-refractivity contribution in [1.29, 1.82) is 0 Å². The van der Waals surface area contributed by atoms with Gasteiger partial charge in [-0.15, -0.1) is 0 Å². The van der Waals surface area contributed by atoms with Crippen LogP contribution < -0.4 is 11.1 Å². The zero-order valence-corrected chi connectivity index (χ0v) is 11.3. The molecule has 0 aliphatic heterocycles. The highest BCUT2D eigenvalue weighted by Gasteiger charge is 2.41. The molecule has 1 fully saturated rings. The number of hydrogen-bond acceptors (Lipinski definition) is 8. The summed E-state index contributed by atoms with van der Waals surface area (Å²) in [7, 11) is 0. The van der Waals surface area contributed by atoms with Crippen molar-refractivity contribution in [2.75, 3.05) is 17.7 Å². The van der Waals surface area contributed by atoms with Crippen molar-refractivity contribution in [2.45, 2.75) is 24.7 Å². The quantitative estimate of drug-likeness (QED) is 0.375. The first-order valence-electron chi connectivity index (χ1n) is 6.01. The number of nitrogens with one attached hydrogen (secondary N) is 1. The van der Waals surface area contributed by atoms with E-state index in [0.717, 1.165) is 0 Å². The van der Waals surface area contributed by atoms with Crippen LogP contribution in [-0.4, -0.2) is 56.9 Å². The van der Waals surface area contributed by atoms with E-state index in [1.807, 2.05) is 0 Å². The Morgan fingerprint density at radius 1 is 1.40 bits per heavy atom. The van der Waals surface area contributed by atoms with Gasteiger partial charge < -0.3 is 26.4 Å². The van der Waals surface area contributed by atoms with Crippen LogP contribution in [0.4, 0.5) is 17.5 Å². The van der Waals surface area contributed by atoms with E-state index in [-0.39, 0.29) is 29.2 Å². The van der Waals surface area contributed by atoms with Crippen LogP contribution >= 0.6 is 11.6 Å². The standard InChI is InChI=1S/C11H16ClN5O3/c1-14-6-9(12)16-11(13)17-10(6)15-5-2-4(3-18)7(19)8(5)20/h4-5,7-8,18-20H,1-3H2,(H3,13,15,16,17). The van der Waals surface area contributed by atoms with E-state index in [9.17, 15) is 10.2 Å². The summed E-state index contributed by atoms with van der Waals surface area (Å²) < 4.78 is 0. The van der Waals surface area contributed by atoms with Crippen LogP contribution in [-0.2, 0) is 0 Å². The molecule has 0 spiro atoms. The van der Waals surface area contributed by atoms with Gasteiger partial charge in [-0.25, -0.2) is 0 Å². The molecule has 0 radical (unpaired) electrons. The number of nitrogens with zero attached hydrogens (tertiary/aromatic N) is 3. The van der Waals surface area contributed by atoms with E-state index in [4.69, 9.17) is 22.4 Å². The number of aliphatic hydroxyl groups is 3. The Morgan fingerprint density at radius 3 is 2.65 bits per heavy atom. The molecule has 110 valence electrons. The summed E-state index contributed by atoms with van der Waals surface area (Å²) in [5.74, 6) is -0.221. The third kappa shape index (κ3) is 2.68. The minimum atomic E-state index is -1.04. The van der Waals surface area contributed by atoms with Gasteiger partial charge in [-0.1, -0.05) is 11.6 Å². The van der Waals surface area contributed by atoms with Crippen LogP contribution in [0.3, 0.4) is 0 Å². The maximum Gasteiger partial charge on any atom is 0.223 e. The number of hydrogen-bond donors (Lipinski definition) is 5. The van der Waals surface area contributed by atoms with Crippen LogP contribution in [0.15, 0.2) is 4.99 Å². The first kappa shape index (κ1) is 14.9. The summed E-state index contributed by atoms with van der Waals surface area (Å²) >= 11 is 5.88. The van der Waals surface area contributed by atoms with Crippen LogP contribution in [0.5, 0.6) is 0 Å². The van der Waals surface area contributed by atoms with Crippen molar-refractivity contribution in [3.63, 3.8) is 0 Å². The number of aliphatic imine (C=N–C) groups is 1. The molecule has 1 aliphatic carbocycles. The van der Waals surface area contributed by atoms with Crippen LogP contribution in [0, 0.1) is 5.92 Å². The van der Waals surface area contributed by atoms with Crippen molar-refractivity contribution in [3.05, 3.63) is 5.15 Å². The Kier molecular flexibility index (Phi) is 4.39. The topological polar surface area (TPSA) is 137 Å². The number of rotatable bonds is 4. The Morgan fingerprint density at radius 2 is 2.10 bits per heavy atom. The molecule has 1 aliphatic rings. The second-order valence-electron chi connectivity index (χ2n) is 4.64. The van der Waals surface area contributed by atoms with Crippen molar-refractivity contribution in [2.24, 2.45) is 10.9 Å². The molecule has 4 unspecified atom stereocenters. The molecular weight excluding hydrogens is 286 g/mol. The van der Waals surface area contributed by atoms with E-state index in [0.29, 0.717) is 6.42 Å². The Bertz CT molecular complexity index is 515. The van der Waals surface area contributed by atoms with Gasteiger partial charge in [-0.3, -0.25) is 4.99 Å². The first-order chi connectivity index (χ1) is 9.47. The molecule has 6 N–H and O–H groups in total. The smallest absolute Gasteiger partial charge is 0.223 e. The predicted octanol–water partition coefficient (Wildman–Crippen LogP) is -0.441. The van der Waals surface area contributed by atoms with Crippen LogP contribution in [0.1, 0.15) is 6.42 Å². The van der Waals surface area contributed by atoms with E-state index >= 15 is 0 Å². The lowest BCUT2D eigenvalue weighted by Crippen LogP contribution is -2.35. The first-order valence-corrected chi connectivity index (χ1v) is 6.39. The zero-order valence-electron chi connectivity index (χ0n) is 10.6. The van der Waals surface area contributed by atoms with Gasteiger partial charge in [0.15, 0.2) is 11.0 Å². The third-order valence-electron chi connectivity index (χ3n) is 3.38. The summed E-state index contributed by atoms with van der Waals surface area (Å²) in [4.78, 5) is 11.4. The Hall–Kier alpha value is -1.48. The molecule has 0 amide bonds. The fourth-order valence-electron chi connectivity index (χ4n) is 2.31. The van der Waals surface area contributed by atoms with Gasteiger partial charge in [0, 0.05) is 12.5 Å². The Balaban J connectivity index is 2.24. The van der Waals surface area contributed by atoms with E-state index in [1.54, 1.807) is 0 Å². The maximum atomic E-state index is 9.95. The monoisotopic (exact) mass is 301 g/mol. The van der Waals surface area contributed by atoms with Crippen molar-refractivity contribution < 1.29 is 15.3 Å². The third-order valence-corrected chi connectivity index (χ3v) is 3.64. The molecule has 1 aromatic rings. The molecule has 1 aromatic heterocycles. The molecule has 1 heterocycles.